The van der Waals surface area contributed by atoms with Crippen molar-refractivity contribution in [1.82, 2.24) is 4.90 Å². The van der Waals surface area contributed by atoms with E-state index in [-0.39, 0.29) is 11.8 Å². The number of para-hydroxylation sites is 3. The molecule has 0 radical (unpaired) electrons. The lowest BCUT2D eigenvalue weighted by Gasteiger charge is -2.35. The van der Waals surface area contributed by atoms with E-state index in [1.54, 1.807) is 43.5 Å². The predicted octanol–water partition coefficient (Wildman–Crippen LogP) is 3.71. The van der Waals surface area contributed by atoms with E-state index in [1.165, 1.54) is 5.69 Å². The first-order valence-corrected chi connectivity index (χ1v) is 11.0. The molecule has 2 amide bonds. The Morgan fingerprint density at radius 3 is 2.18 bits per heavy atom. The van der Waals surface area contributed by atoms with Gasteiger partial charge >= 0.3 is 0 Å². The average molecular weight is 445 g/mol. The van der Waals surface area contributed by atoms with E-state index >= 15 is 0 Å². The normalized spacial score (nSPS) is 13.9. The molecule has 3 aromatic carbocycles. The fourth-order valence-electron chi connectivity index (χ4n) is 3.85. The van der Waals surface area contributed by atoms with Crippen LogP contribution in [0, 0.1) is 0 Å². The van der Waals surface area contributed by atoms with E-state index in [0.717, 1.165) is 26.2 Å². The Kier molecular flexibility index (Phi) is 7.22. The van der Waals surface area contributed by atoms with E-state index in [2.05, 4.69) is 32.6 Å². The first-order valence-electron chi connectivity index (χ1n) is 11.0. The third kappa shape index (κ3) is 5.90. The molecule has 0 spiro atoms. The molecule has 0 saturated carbocycles. The van der Waals surface area contributed by atoms with Gasteiger partial charge in [-0.2, -0.15) is 0 Å². The number of piperazine rings is 1. The number of anilines is 3. The molecule has 0 bridgehead atoms. The van der Waals surface area contributed by atoms with Gasteiger partial charge in [-0.25, -0.2) is 0 Å². The molecule has 3 aromatic rings. The van der Waals surface area contributed by atoms with Crippen molar-refractivity contribution in [2.24, 2.45) is 0 Å². The zero-order chi connectivity index (χ0) is 23.0. The maximum absolute atomic E-state index is 12.5. The third-order valence-corrected chi connectivity index (χ3v) is 5.65. The minimum absolute atomic E-state index is 0.0608. The van der Waals surface area contributed by atoms with Crippen molar-refractivity contribution in [1.29, 1.82) is 0 Å². The highest BCUT2D eigenvalue weighted by atomic mass is 16.5. The van der Waals surface area contributed by atoms with Crippen LogP contribution in [0.15, 0.2) is 78.9 Å². The SMILES string of the molecule is COc1ccccc1NC(=O)c1ccc(NC(=O)CN2CCN(c3ccccc3)CC2)cc1. The van der Waals surface area contributed by atoms with Crippen LogP contribution in [-0.2, 0) is 4.79 Å². The highest BCUT2D eigenvalue weighted by molar-refractivity contribution is 6.05. The van der Waals surface area contributed by atoms with E-state index in [0.29, 0.717) is 29.2 Å². The summed E-state index contributed by atoms with van der Waals surface area (Å²) in [4.78, 5) is 29.5. The summed E-state index contributed by atoms with van der Waals surface area (Å²) in [7, 11) is 1.56. The number of amides is 2. The van der Waals surface area contributed by atoms with Crippen molar-refractivity contribution in [3.63, 3.8) is 0 Å². The van der Waals surface area contributed by atoms with Crippen LogP contribution < -0.4 is 20.3 Å². The lowest BCUT2D eigenvalue weighted by Crippen LogP contribution is -2.48. The van der Waals surface area contributed by atoms with Gasteiger partial charge in [0.05, 0.1) is 19.3 Å². The van der Waals surface area contributed by atoms with Crippen molar-refractivity contribution in [3.8, 4) is 5.75 Å². The van der Waals surface area contributed by atoms with Crippen LogP contribution in [-0.4, -0.2) is 56.5 Å². The van der Waals surface area contributed by atoms with Gasteiger partial charge in [-0.15, -0.1) is 0 Å². The average Bonchev–Trinajstić information content (AvgIpc) is 2.86. The molecule has 1 heterocycles. The highest BCUT2D eigenvalue weighted by Crippen LogP contribution is 2.24. The first kappa shape index (κ1) is 22.4. The molecule has 1 aliphatic heterocycles. The van der Waals surface area contributed by atoms with Gasteiger partial charge < -0.3 is 20.3 Å². The number of nitrogens with zero attached hydrogens (tertiary/aromatic N) is 2. The zero-order valence-corrected chi connectivity index (χ0v) is 18.7. The van der Waals surface area contributed by atoms with Crippen molar-refractivity contribution < 1.29 is 14.3 Å². The smallest absolute Gasteiger partial charge is 0.255 e. The van der Waals surface area contributed by atoms with Crippen molar-refractivity contribution >= 4 is 28.9 Å². The predicted molar refractivity (Wildman–Crippen MR) is 131 cm³/mol. The minimum Gasteiger partial charge on any atom is -0.495 e. The van der Waals surface area contributed by atoms with Crippen LogP contribution in [0.5, 0.6) is 5.75 Å². The van der Waals surface area contributed by atoms with Crippen molar-refractivity contribution in [2.75, 3.05) is 55.4 Å². The lowest BCUT2D eigenvalue weighted by atomic mass is 10.2. The number of carbonyl (C=O) groups is 2. The van der Waals surface area contributed by atoms with Gasteiger partial charge in [0, 0.05) is 43.1 Å². The van der Waals surface area contributed by atoms with E-state index in [4.69, 9.17) is 4.74 Å². The monoisotopic (exact) mass is 444 g/mol. The summed E-state index contributed by atoms with van der Waals surface area (Å²) in [6, 6.07) is 24.4. The summed E-state index contributed by atoms with van der Waals surface area (Å²) in [6.45, 7) is 3.81. The number of carbonyl (C=O) groups excluding carboxylic acids is 2. The largest absolute Gasteiger partial charge is 0.495 e. The molecule has 1 fully saturated rings. The topological polar surface area (TPSA) is 73.9 Å². The zero-order valence-electron chi connectivity index (χ0n) is 18.7. The van der Waals surface area contributed by atoms with Crippen LogP contribution in [0.25, 0.3) is 0 Å². The molecule has 33 heavy (non-hydrogen) atoms. The Hall–Kier alpha value is -3.84. The van der Waals surface area contributed by atoms with Gasteiger partial charge in [-0.3, -0.25) is 14.5 Å². The number of methoxy groups -OCH3 is 1. The van der Waals surface area contributed by atoms with Gasteiger partial charge in [0.25, 0.3) is 5.91 Å². The van der Waals surface area contributed by atoms with Crippen LogP contribution in [0.3, 0.4) is 0 Å². The second-order valence-corrected chi connectivity index (χ2v) is 7.88. The van der Waals surface area contributed by atoms with Crippen LogP contribution in [0.4, 0.5) is 17.1 Å². The molecule has 7 heteroatoms. The maximum atomic E-state index is 12.5. The van der Waals surface area contributed by atoms with Gasteiger partial charge in [0.1, 0.15) is 5.75 Å². The van der Waals surface area contributed by atoms with Crippen LogP contribution >= 0.6 is 0 Å². The molecule has 7 nitrogen and oxygen atoms in total. The highest BCUT2D eigenvalue weighted by Gasteiger charge is 2.19. The lowest BCUT2D eigenvalue weighted by molar-refractivity contribution is -0.117. The fourth-order valence-corrected chi connectivity index (χ4v) is 3.85. The molecule has 1 aliphatic rings. The first-order chi connectivity index (χ1) is 16.1. The number of benzene rings is 3. The van der Waals surface area contributed by atoms with Gasteiger partial charge in [-0.05, 0) is 48.5 Å². The van der Waals surface area contributed by atoms with Gasteiger partial charge in [0.2, 0.25) is 5.91 Å². The summed E-state index contributed by atoms with van der Waals surface area (Å²) in [5.41, 5.74) is 2.99. The minimum atomic E-state index is -0.242. The molecule has 0 aromatic heterocycles. The molecular weight excluding hydrogens is 416 g/mol. The molecule has 0 atom stereocenters. The molecule has 4 rings (SSSR count). The summed E-state index contributed by atoms with van der Waals surface area (Å²) in [5.74, 6) is 0.294. The van der Waals surface area contributed by atoms with Crippen LogP contribution in [0.1, 0.15) is 10.4 Å². The molecule has 0 unspecified atom stereocenters. The fraction of sp³-hybridized carbons (Fsp3) is 0.231. The number of hydrogen-bond donors (Lipinski definition) is 2. The number of ether oxygens (including phenoxy) is 1. The molecule has 2 N–H and O–H groups in total. The Bertz CT molecular complexity index is 1080. The van der Waals surface area contributed by atoms with E-state index in [1.807, 2.05) is 30.3 Å². The van der Waals surface area contributed by atoms with E-state index < -0.39 is 0 Å². The summed E-state index contributed by atoms with van der Waals surface area (Å²) < 4.78 is 5.27. The second-order valence-electron chi connectivity index (χ2n) is 7.88. The Balaban J connectivity index is 1.26. The van der Waals surface area contributed by atoms with Crippen molar-refractivity contribution in [3.05, 3.63) is 84.4 Å². The van der Waals surface area contributed by atoms with Gasteiger partial charge in [-0.1, -0.05) is 30.3 Å². The second kappa shape index (κ2) is 10.7. The number of nitrogens with one attached hydrogen (secondary N) is 2. The Morgan fingerprint density at radius 1 is 0.818 bits per heavy atom. The summed E-state index contributed by atoms with van der Waals surface area (Å²) >= 11 is 0. The summed E-state index contributed by atoms with van der Waals surface area (Å²) in [5, 5.41) is 5.77. The standard InChI is InChI=1S/C26H28N4O3/c1-33-24-10-6-5-9-23(24)28-26(32)20-11-13-21(14-12-20)27-25(31)19-29-15-17-30(18-16-29)22-7-3-2-4-8-22/h2-14H,15-19H2,1H3,(H,27,31)(H,28,32). The van der Waals surface area contributed by atoms with Crippen molar-refractivity contribution in [2.45, 2.75) is 0 Å². The Morgan fingerprint density at radius 2 is 1.48 bits per heavy atom. The molecule has 0 aliphatic carbocycles. The van der Waals surface area contributed by atoms with E-state index in [9.17, 15) is 9.59 Å². The quantitative estimate of drug-likeness (QED) is 0.581. The number of rotatable bonds is 7. The molecular formula is C26H28N4O3. The Labute approximate surface area is 194 Å². The van der Waals surface area contributed by atoms with Crippen LogP contribution in [0.2, 0.25) is 0 Å². The maximum Gasteiger partial charge on any atom is 0.255 e. The third-order valence-electron chi connectivity index (χ3n) is 5.65. The summed E-state index contributed by atoms with van der Waals surface area (Å²) in [6.07, 6.45) is 0. The van der Waals surface area contributed by atoms with Gasteiger partial charge in [0.15, 0.2) is 0 Å². The molecule has 1 saturated heterocycles. The number of hydrogen-bond acceptors (Lipinski definition) is 5. The molecule has 170 valence electrons.